The monoisotopic (exact) mass is 524 g/mol. The van der Waals surface area contributed by atoms with Crippen molar-refractivity contribution >= 4 is 23.5 Å². The zero-order valence-corrected chi connectivity index (χ0v) is 22.3. The summed E-state index contributed by atoms with van der Waals surface area (Å²) < 4.78 is 17.7. The third-order valence-corrected chi connectivity index (χ3v) is 8.39. The van der Waals surface area contributed by atoms with Gasteiger partial charge in [-0.1, -0.05) is 38.2 Å². The first-order valence-electron chi connectivity index (χ1n) is 13.3. The number of aliphatic hydroxyl groups excluding tert-OH is 1. The maximum atomic E-state index is 14.5. The van der Waals surface area contributed by atoms with Gasteiger partial charge in [0.15, 0.2) is 0 Å². The lowest BCUT2D eigenvalue weighted by molar-refractivity contribution is -0.160. The predicted octanol–water partition coefficient (Wildman–Crippen LogP) is 2.48. The second kappa shape index (κ2) is 9.85. The minimum absolute atomic E-state index is 0.145. The quantitative estimate of drug-likeness (QED) is 0.466. The highest BCUT2D eigenvalue weighted by Gasteiger charge is 2.75. The average Bonchev–Trinajstić information content (AvgIpc) is 3.24. The Balaban J connectivity index is 1.67. The number of amides is 2. The van der Waals surface area contributed by atoms with Crippen LogP contribution in [0.5, 0.6) is 5.75 Å². The number of nitrogens with zero attached hydrogens (tertiary/aromatic N) is 2. The van der Waals surface area contributed by atoms with Gasteiger partial charge in [0, 0.05) is 12.2 Å². The zero-order valence-electron chi connectivity index (χ0n) is 22.3. The molecule has 0 aromatic heterocycles. The third kappa shape index (κ3) is 3.94. The standard InChI is InChI=1S/C29H36N2O7/c1-18(2)21(17-32)31-24-26(34)30(19-9-11-20(36-4)12-10-19)15-8-14-29(24)22(25(31)33)23-27(35)37-16-7-5-6-13-28(23,3)38-29/h6,8-14,18,21-24,32H,5,7,15-17H2,1-4H3/b13-6-/t21-,22-,23-,24?,28+,29-/m0/s1. The van der Waals surface area contributed by atoms with E-state index < -0.39 is 41.1 Å². The molecule has 1 spiro atoms. The molecule has 0 bridgehead atoms. The summed E-state index contributed by atoms with van der Waals surface area (Å²) in [6.07, 6.45) is 8.82. The number of fused-ring (bicyclic) bond motifs is 2. The Labute approximate surface area is 223 Å². The predicted molar refractivity (Wildman–Crippen MR) is 139 cm³/mol. The summed E-state index contributed by atoms with van der Waals surface area (Å²) in [5.41, 5.74) is -1.90. The Morgan fingerprint density at radius 3 is 2.47 bits per heavy atom. The highest BCUT2D eigenvalue weighted by molar-refractivity contribution is 6.05. The zero-order chi connectivity index (χ0) is 27.2. The number of methoxy groups -OCH3 is 1. The number of rotatable bonds is 5. The van der Waals surface area contributed by atoms with Crippen LogP contribution in [0.15, 0.2) is 48.6 Å². The highest BCUT2D eigenvalue weighted by atomic mass is 16.6. The van der Waals surface area contributed by atoms with E-state index in [2.05, 4.69) is 0 Å². The van der Waals surface area contributed by atoms with Crippen molar-refractivity contribution in [3.63, 3.8) is 0 Å². The van der Waals surface area contributed by atoms with E-state index in [1.54, 1.807) is 49.3 Å². The molecule has 1 unspecified atom stereocenters. The number of benzene rings is 1. The number of allylic oxidation sites excluding steroid dienone is 1. The van der Waals surface area contributed by atoms with Gasteiger partial charge in [0.25, 0.3) is 5.91 Å². The summed E-state index contributed by atoms with van der Waals surface area (Å²) in [5, 5.41) is 10.4. The molecule has 4 aliphatic rings. The Bertz CT molecular complexity index is 1160. The van der Waals surface area contributed by atoms with Gasteiger partial charge in [-0.3, -0.25) is 14.4 Å². The number of carbonyl (C=O) groups excluding carboxylic acids is 3. The third-order valence-electron chi connectivity index (χ3n) is 8.39. The van der Waals surface area contributed by atoms with Gasteiger partial charge in [-0.2, -0.15) is 0 Å². The second-order valence-electron chi connectivity index (χ2n) is 11.0. The number of anilines is 1. The SMILES string of the molecule is COc1ccc(N2CC=C[C@]34O[C@]5(C)/C=C\CCCOC(=O)[C@@H]5[C@H]3C(=O)N([C@@H](CO)C(C)C)C4C2=O)cc1. The lowest BCUT2D eigenvalue weighted by atomic mass is 9.74. The van der Waals surface area contributed by atoms with Crippen LogP contribution < -0.4 is 9.64 Å². The Hall–Kier alpha value is -3.17. The van der Waals surface area contributed by atoms with Crippen molar-refractivity contribution < 1.29 is 33.7 Å². The fourth-order valence-electron chi connectivity index (χ4n) is 6.55. The van der Waals surface area contributed by atoms with Crippen LogP contribution in [0.4, 0.5) is 5.69 Å². The first kappa shape index (κ1) is 26.4. The van der Waals surface area contributed by atoms with Gasteiger partial charge >= 0.3 is 5.97 Å². The van der Waals surface area contributed by atoms with E-state index in [4.69, 9.17) is 14.2 Å². The van der Waals surface area contributed by atoms with Gasteiger partial charge in [0.2, 0.25) is 5.91 Å². The molecule has 4 heterocycles. The van der Waals surface area contributed by atoms with Crippen LogP contribution in [-0.2, 0) is 23.9 Å². The number of aliphatic hydroxyl groups is 1. The minimum atomic E-state index is -1.40. The summed E-state index contributed by atoms with van der Waals surface area (Å²) in [6.45, 7) is 5.77. The fourth-order valence-corrected chi connectivity index (χ4v) is 6.55. The minimum Gasteiger partial charge on any atom is -0.497 e. The molecule has 4 aliphatic heterocycles. The topological polar surface area (TPSA) is 106 Å². The number of esters is 1. The summed E-state index contributed by atoms with van der Waals surface area (Å²) in [5.74, 6) is -2.61. The molecule has 38 heavy (non-hydrogen) atoms. The van der Waals surface area contributed by atoms with Gasteiger partial charge in [-0.15, -0.1) is 0 Å². The molecule has 9 heteroatoms. The maximum absolute atomic E-state index is 14.5. The number of ether oxygens (including phenoxy) is 3. The van der Waals surface area contributed by atoms with Crippen LogP contribution in [0, 0.1) is 17.8 Å². The van der Waals surface area contributed by atoms with Crippen LogP contribution in [0.2, 0.25) is 0 Å². The van der Waals surface area contributed by atoms with Gasteiger partial charge in [-0.25, -0.2) is 0 Å². The smallest absolute Gasteiger partial charge is 0.313 e. The van der Waals surface area contributed by atoms with Crippen molar-refractivity contribution in [1.82, 2.24) is 4.90 Å². The van der Waals surface area contributed by atoms with Gasteiger partial charge in [-0.05, 0) is 49.9 Å². The molecule has 0 aliphatic carbocycles. The van der Waals surface area contributed by atoms with Crippen molar-refractivity contribution in [3.05, 3.63) is 48.6 Å². The highest BCUT2D eigenvalue weighted by Crippen LogP contribution is 2.57. The van der Waals surface area contributed by atoms with Gasteiger partial charge in [0.1, 0.15) is 23.3 Å². The molecule has 2 amide bonds. The van der Waals surface area contributed by atoms with E-state index in [1.165, 1.54) is 4.90 Å². The molecule has 0 radical (unpaired) electrons. The normalized spacial score (nSPS) is 34.5. The van der Waals surface area contributed by atoms with Crippen LogP contribution in [0.3, 0.4) is 0 Å². The van der Waals surface area contributed by atoms with Gasteiger partial charge < -0.3 is 29.1 Å². The number of cyclic esters (lactones) is 1. The molecular formula is C29H36N2O7. The molecule has 1 aromatic rings. The lowest BCUT2D eigenvalue weighted by Crippen LogP contribution is -2.59. The van der Waals surface area contributed by atoms with E-state index in [0.29, 0.717) is 24.3 Å². The fraction of sp³-hybridized carbons (Fsp3) is 0.552. The van der Waals surface area contributed by atoms with Crippen LogP contribution in [0.25, 0.3) is 0 Å². The van der Waals surface area contributed by atoms with E-state index in [9.17, 15) is 19.5 Å². The van der Waals surface area contributed by atoms with Crippen molar-refractivity contribution in [1.29, 1.82) is 0 Å². The molecule has 5 rings (SSSR count). The Morgan fingerprint density at radius 1 is 1.08 bits per heavy atom. The van der Waals surface area contributed by atoms with Crippen LogP contribution >= 0.6 is 0 Å². The summed E-state index contributed by atoms with van der Waals surface area (Å²) >= 11 is 0. The molecule has 1 aromatic carbocycles. The largest absolute Gasteiger partial charge is 0.497 e. The molecule has 2 fully saturated rings. The molecule has 6 atom stereocenters. The number of likely N-dealkylation sites (tertiary alicyclic amines) is 1. The van der Waals surface area contributed by atoms with E-state index in [-0.39, 0.29) is 37.5 Å². The van der Waals surface area contributed by atoms with E-state index >= 15 is 0 Å². The molecule has 1 N–H and O–H groups in total. The maximum Gasteiger partial charge on any atom is 0.313 e. The van der Waals surface area contributed by atoms with Crippen LogP contribution in [0.1, 0.15) is 33.6 Å². The lowest BCUT2D eigenvalue weighted by Gasteiger charge is -2.41. The summed E-state index contributed by atoms with van der Waals surface area (Å²) in [7, 11) is 1.57. The van der Waals surface area contributed by atoms with Gasteiger partial charge in [0.05, 0.1) is 37.9 Å². The molecule has 9 nitrogen and oxygen atoms in total. The van der Waals surface area contributed by atoms with E-state index in [1.807, 2.05) is 32.1 Å². The number of carbonyl (C=O) groups is 3. The van der Waals surface area contributed by atoms with E-state index in [0.717, 1.165) is 0 Å². The second-order valence-corrected chi connectivity index (χ2v) is 11.0. The van der Waals surface area contributed by atoms with Crippen LogP contribution in [-0.4, -0.2) is 77.9 Å². The van der Waals surface area contributed by atoms with Crippen molar-refractivity contribution in [2.75, 3.05) is 31.8 Å². The number of hydrogen-bond donors (Lipinski definition) is 1. The average molecular weight is 525 g/mol. The van der Waals surface area contributed by atoms with Crippen molar-refractivity contribution in [3.8, 4) is 5.75 Å². The number of hydrogen-bond acceptors (Lipinski definition) is 7. The molecule has 0 saturated carbocycles. The molecule has 204 valence electrons. The first-order chi connectivity index (χ1) is 18.2. The summed E-state index contributed by atoms with van der Waals surface area (Å²) in [4.78, 5) is 45.4. The molecule has 2 saturated heterocycles. The van der Waals surface area contributed by atoms with Crippen molar-refractivity contribution in [2.24, 2.45) is 17.8 Å². The Kier molecular flexibility index (Phi) is 6.86. The Morgan fingerprint density at radius 2 is 1.82 bits per heavy atom. The molecular weight excluding hydrogens is 488 g/mol. The first-order valence-corrected chi connectivity index (χ1v) is 13.3. The van der Waals surface area contributed by atoms with Crippen molar-refractivity contribution in [2.45, 2.75) is 56.9 Å². The summed E-state index contributed by atoms with van der Waals surface area (Å²) in [6, 6.07) is 5.42.